The van der Waals surface area contributed by atoms with Crippen LogP contribution < -0.4 is 5.32 Å². The summed E-state index contributed by atoms with van der Waals surface area (Å²) in [6, 6.07) is 14.5. The van der Waals surface area contributed by atoms with E-state index in [-0.39, 0.29) is 0 Å². The van der Waals surface area contributed by atoms with Crippen LogP contribution in [0.1, 0.15) is 11.6 Å². The van der Waals surface area contributed by atoms with Crippen LogP contribution in [0, 0.1) is 11.3 Å². The van der Waals surface area contributed by atoms with Gasteiger partial charge in [-0.3, -0.25) is 0 Å². The Labute approximate surface area is 130 Å². The van der Waals surface area contributed by atoms with Crippen molar-refractivity contribution < 1.29 is 0 Å². The number of hydrogen-bond acceptors (Lipinski definition) is 2. The van der Waals surface area contributed by atoms with Crippen molar-refractivity contribution in [3.63, 3.8) is 0 Å². The molecule has 1 N–H and O–H groups in total. The van der Waals surface area contributed by atoms with Gasteiger partial charge >= 0.3 is 0 Å². The van der Waals surface area contributed by atoms with E-state index in [0.29, 0.717) is 10.0 Å². The van der Waals surface area contributed by atoms with Gasteiger partial charge in [-0.1, -0.05) is 45.2 Å². The van der Waals surface area contributed by atoms with Crippen LogP contribution in [0.25, 0.3) is 0 Å². The zero-order valence-electron chi connectivity index (χ0n) is 9.70. The average Bonchev–Trinajstić information content (AvgIpc) is 2.41. The minimum absolute atomic E-state index is 0.442. The summed E-state index contributed by atoms with van der Waals surface area (Å²) in [5.41, 5.74) is 1.64. The maximum Gasteiger partial charge on any atom is 0.140 e. The molecule has 2 nitrogen and oxygen atoms in total. The van der Waals surface area contributed by atoms with Crippen molar-refractivity contribution in [3.8, 4) is 6.07 Å². The molecule has 0 aliphatic carbocycles. The molecule has 0 bridgehead atoms. The van der Waals surface area contributed by atoms with Crippen LogP contribution in [-0.4, -0.2) is 0 Å². The van der Waals surface area contributed by atoms with Crippen LogP contribution >= 0.6 is 39.1 Å². The van der Waals surface area contributed by atoms with Crippen LogP contribution in [-0.2, 0) is 0 Å². The molecule has 0 aliphatic heterocycles. The predicted molar refractivity (Wildman–Crippen MR) is 82.6 cm³/mol. The second kappa shape index (κ2) is 6.29. The monoisotopic (exact) mass is 354 g/mol. The topological polar surface area (TPSA) is 35.8 Å². The first-order chi connectivity index (χ1) is 9.10. The molecule has 0 spiro atoms. The van der Waals surface area contributed by atoms with Gasteiger partial charge in [-0.25, -0.2) is 0 Å². The Morgan fingerprint density at radius 1 is 1.05 bits per heavy atom. The van der Waals surface area contributed by atoms with Gasteiger partial charge in [0, 0.05) is 10.2 Å². The van der Waals surface area contributed by atoms with Crippen molar-refractivity contribution in [2.24, 2.45) is 0 Å². The molecule has 2 aromatic rings. The van der Waals surface area contributed by atoms with Gasteiger partial charge in [-0.15, -0.1) is 0 Å². The van der Waals surface area contributed by atoms with Crippen LogP contribution in [0.2, 0.25) is 10.0 Å². The average molecular weight is 356 g/mol. The predicted octanol–water partition coefficient (Wildman–Crippen LogP) is 5.43. The number of halogens is 3. The fourth-order valence-electron chi connectivity index (χ4n) is 1.59. The summed E-state index contributed by atoms with van der Waals surface area (Å²) in [6.45, 7) is 0. The first kappa shape index (κ1) is 14.2. The van der Waals surface area contributed by atoms with Crippen LogP contribution in [0.3, 0.4) is 0 Å². The molecule has 0 amide bonds. The zero-order chi connectivity index (χ0) is 13.8. The maximum atomic E-state index is 9.26. The van der Waals surface area contributed by atoms with E-state index in [9.17, 15) is 5.26 Å². The Hall–Kier alpha value is -1.21. The van der Waals surface area contributed by atoms with E-state index in [4.69, 9.17) is 23.2 Å². The van der Waals surface area contributed by atoms with Gasteiger partial charge in [0.15, 0.2) is 0 Å². The summed E-state index contributed by atoms with van der Waals surface area (Å²) in [5.74, 6) is 0. The van der Waals surface area contributed by atoms with Gasteiger partial charge in [0.2, 0.25) is 0 Å². The Morgan fingerprint density at radius 3 is 2.32 bits per heavy atom. The molecule has 2 rings (SSSR count). The summed E-state index contributed by atoms with van der Waals surface area (Å²) >= 11 is 15.2. The van der Waals surface area contributed by atoms with Crippen molar-refractivity contribution in [2.45, 2.75) is 6.04 Å². The van der Waals surface area contributed by atoms with E-state index in [0.717, 1.165) is 15.7 Å². The second-order valence-electron chi connectivity index (χ2n) is 3.89. The van der Waals surface area contributed by atoms with E-state index >= 15 is 0 Å². The molecule has 0 saturated carbocycles. The Kier molecular flexibility index (Phi) is 4.71. The lowest BCUT2D eigenvalue weighted by Gasteiger charge is -2.14. The van der Waals surface area contributed by atoms with E-state index in [2.05, 4.69) is 27.3 Å². The largest absolute Gasteiger partial charge is 0.366 e. The summed E-state index contributed by atoms with van der Waals surface area (Å²) in [4.78, 5) is 0. The quantitative estimate of drug-likeness (QED) is 0.796. The summed E-state index contributed by atoms with van der Waals surface area (Å²) in [6.07, 6.45) is 0. The van der Waals surface area contributed by atoms with Crippen molar-refractivity contribution in [3.05, 3.63) is 62.5 Å². The zero-order valence-corrected chi connectivity index (χ0v) is 12.8. The maximum absolute atomic E-state index is 9.26. The molecule has 0 aromatic heterocycles. The lowest BCUT2D eigenvalue weighted by atomic mass is 10.1. The normalized spacial score (nSPS) is 11.7. The third-order valence-corrected chi connectivity index (χ3v) is 3.83. The molecular weight excluding hydrogens is 347 g/mol. The number of nitrogens with zero attached hydrogens (tertiary/aromatic N) is 1. The van der Waals surface area contributed by atoms with Gasteiger partial charge in [0.05, 0.1) is 16.1 Å². The molecule has 0 aliphatic rings. The molecule has 0 fully saturated rings. The van der Waals surface area contributed by atoms with Crippen molar-refractivity contribution in [1.82, 2.24) is 0 Å². The first-order valence-corrected chi connectivity index (χ1v) is 7.01. The molecule has 1 unspecified atom stereocenters. The van der Waals surface area contributed by atoms with Crippen molar-refractivity contribution >= 4 is 44.8 Å². The number of benzene rings is 2. The number of anilines is 1. The summed E-state index contributed by atoms with van der Waals surface area (Å²) in [7, 11) is 0. The minimum atomic E-state index is -0.476. The highest BCUT2D eigenvalue weighted by molar-refractivity contribution is 9.10. The molecule has 19 heavy (non-hydrogen) atoms. The molecule has 0 heterocycles. The molecule has 1 atom stereocenters. The van der Waals surface area contributed by atoms with E-state index < -0.39 is 6.04 Å². The Bertz CT molecular complexity index is 620. The lowest BCUT2D eigenvalue weighted by molar-refractivity contribution is 0.998. The van der Waals surface area contributed by atoms with Gasteiger partial charge in [0.25, 0.3) is 0 Å². The highest BCUT2D eigenvalue weighted by Gasteiger charge is 2.11. The second-order valence-corrected chi connectivity index (χ2v) is 5.62. The molecular formula is C14H9BrCl2N2. The van der Waals surface area contributed by atoms with Crippen LogP contribution in [0.15, 0.2) is 46.9 Å². The molecule has 5 heteroatoms. The van der Waals surface area contributed by atoms with Gasteiger partial charge < -0.3 is 5.32 Å². The molecule has 0 saturated heterocycles. The van der Waals surface area contributed by atoms with Gasteiger partial charge in [-0.2, -0.15) is 5.26 Å². The number of nitriles is 1. The van der Waals surface area contributed by atoms with E-state index in [1.807, 2.05) is 24.3 Å². The standard InChI is InChI=1S/C14H9BrCl2N2/c15-10-2-4-11(5-3-10)19-14(8-18)9-1-6-12(16)13(17)7-9/h1-7,14,19H. The van der Waals surface area contributed by atoms with Crippen LogP contribution in [0.5, 0.6) is 0 Å². The summed E-state index contributed by atoms with van der Waals surface area (Å²) < 4.78 is 0.987. The highest BCUT2D eigenvalue weighted by Crippen LogP contribution is 2.27. The molecule has 96 valence electrons. The minimum Gasteiger partial charge on any atom is -0.366 e. The third-order valence-electron chi connectivity index (χ3n) is 2.56. The first-order valence-electron chi connectivity index (χ1n) is 5.47. The van der Waals surface area contributed by atoms with Crippen LogP contribution in [0.4, 0.5) is 5.69 Å². The number of nitrogens with one attached hydrogen (secondary N) is 1. The number of hydrogen-bond donors (Lipinski definition) is 1. The Morgan fingerprint density at radius 2 is 1.74 bits per heavy atom. The molecule has 2 aromatic carbocycles. The highest BCUT2D eigenvalue weighted by atomic mass is 79.9. The van der Waals surface area contributed by atoms with Gasteiger partial charge in [0.1, 0.15) is 6.04 Å². The fourth-order valence-corrected chi connectivity index (χ4v) is 2.17. The number of rotatable bonds is 3. The SMILES string of the molecule is N#CC(Nc1ccc(Br)cc1)c1ccc(Cl)c(Cl)c1. The van der Waals surface area contributed by atoms with Gasteiger partial charge in [-0.05, 0) is 42.0 Å². The van der Waals surface area contributed by atoms with Crippen molar-refractivity contribution in [1.29, 1.82) is 5.26 Å². The summed E-state index contributed by atoms with van der Waals surface area (Å²) in [5, 5.41) is 13.3. The fraction of sp³-hybridized carbons (Fsp3) is 0.0714. The third kappa shape index (κ3) is 3.63. The Balaban J connectivity index is 2.23. The molecule has 0 radical (unpaired) electrons. The van der Waals surface area contributed by atoms with E-state index in [1.165, 1.54) is 0 Å². The van der Waals surface area contributed by atoms with E-state index in [1.54, 1.807) is 18.2 Å². The smallest absolute Gasteiger partial charge is 0.140 e. The van der Waals surface area contributed by atoms with Crippen molar-refractivity contribution in [2.75, 3.05) is 5.32 Å². The lowest BCUT2D eigenvalue weighted by Crippen LogP contribution is -2.08.